The van der Waals surface area contributed by atoms with Crippen LogP contribution in [0, 0.1) is 12.8 Å². The lowest BCUT2D eigenvalue weighted by Crippen LogP contribution is -2.23. The van der Waals surface area contributed by atoms with E-state index in [1.165, 1.54) is 15.9 Å². The Morgan fingerprint density at radius 1 is 0.953 bits per heavy atom. The number of nitrogens with zero attached hydrogens (tertiary/aromatic N) is 5. The average molecular weight is 592 g/mol. The lowest BCUT2D eigenvalue weighted by Gasteiger charge is -2.11. The van der Waals surface area contributed by atoms with Crippen LogP contribution in [-0.2, 0) is 0 Å². The molecule has 0 fully saturated rings. The topological polar surface area (TPSA) is 83.5 Å². The minimum absolute atomic E-state index is 0.215. The number of rotatable bonds is 10. The van der Waals surface area contributed by atoms with E-state index in [4.69, 9.17) is 14.6 Å². The fraction of sp³-hybridized carbons (Fsp3) is 0.235. The maximum absolute atomic E-state index is 13.5. The van der Waals surface area contributed by atoms with Crippen molar-refractivity contribution in [3.05, 3.63) is 105 Å². The van der Waals surface area contributed by atoms with E-state index in [-0.39, 0.29) is 5.56 Å². The monoisotopic (exact) mass is 591 g/mol. The molecule has 0 saturated carbocycles. The zero-order valence-electron chi connectivity index (χ0n) is 24.7. The van der Waals surface area contributed by atoms with Crippen LogP contribution < -0.4 is 19.6 Å². The predicted molar refractivity (Wildman–Crippen MR) is 171 cm³/mol. The average Bonchev–Trinajstić information content (AvgIpc) is 3.70. The Morgan fingerprint density at radius 3 is 2.42 bits per heavy atom. The Hall–Kier alpha value is -4.76. The molecule has 3 aromatic carbocycles. The fourth-order valence-corrected chi connectivity index (χ4v) is 5.66. The van der Waals surface area contributed by atoms with Crippen molar-refractivity contribution in [3.63, 3.8) is 0 Å². The molecule has 6 rings (SSSR count). The molecule has 3 heterocycles. The van der Waals surface area contributed by atoms with E-state index >= 15 is 0 Å². The van der Waals surface area contributed by atoms with Crippen LogP contribution in [0.25, 0.3) is 39.4 Å². The molecule has 3 aromatic heterocycles. The van der Waals surface area contributed by atoms with Gasteiger partial charge in [0.2, 0.25) is 4.96 Å². The van der Waals surface area contributed by atoms with Gasteiger partial charge in [0, 0.05) is 22.9 Å². The van der Waals surface area contributed by atoms with Gasteiger partial charge in [-0.05, 0) is 92.4 Å². The van der Waals surface area contributed by atoms with Gasteiger partial charge in [0.1, 0.15) is 17.2 Å². The molecule has 0 amide bonds. The minimum atomic E-state index is -0.215. The van der Waals surface area contributed by atoms with Crippen LogP contribution in [0.2, 0.25) is 0 Å². The summed E-state index contributed by atoms with van der Waals surface area (Å²) in [5.74, 6) is 2.73. The summed E-state index contributed by atoms with van der Waals surface area (Å²) in [6, 6.07) is 23.6. The summed E-state index contributed by atoms with van der Waals surface area (Å²) in [5.41, 5.74) is 5.11. The second-order valence-electron chi connectivity index (χ2n) is 10.7. The lowest BCUT2D eigenvalue weighted by molar-refractivity contribution is 0.288. The van der Waals surface area contributed by atoms with Crippen molar-refractivity contribution in [1.29, 1.82) is 0 Å². The van der Waals surface area contributed by atoms with Crippen LogP contribution in [0.4, 0.5) is 0 Å². The molecule has 0 spiro atoms. The molecule has 0 bridgehead atoms. The van der Waals surface area contributed by atoms with Crippen LogP contribution in [0.5, 0.6) is 11.5 Å². The van der Waals surface area contributed by atoms with Crippen molar-refractivity contribution in [1.82, 2.24) is 24.4 Å². The summed E-state index contributed by atoms with van der Waals surface area (Å²) >= 11 is 1.31. The number of hydrogen-bond acceptors (Lipinski definition) is 7. The molecule has 0 aliphatic rings. The van der Waals surface area contributed by atoms with Gasteiger partial charge in [0.25, 0.3) is 5.56 Å². The summed E-state index contributed by atoms with van der Waals surface area (Å²) in [6.07, 6.45) is 4.83. The van der Waals surface area contributed by atoms with Gasteiger partial charge in [-0.2, -0.15) is 14.6 Å². The molecule has 218 valence electrons. The quantitative estimate of drug-likeness (QED) is 0.185. The van der Waals surface area contributed by atoms with Crippen LogP contribution in [0.1, 0.15) is 38.3 Å². The maximum Gasteiger partial charge on any atom is 0.291 e. The first-order chi connectivity index (χ1) is 20.9. The first-order valence-electron chi connectivity index (χ1n) is 14.4. The first kappa shape index (κ1) is 28.4. The molecule has 0 saturated heterocycles. The highest BCUT2D eigenvalue weighted by molar-refractivity contribution is 7.15. The molecule has 0 N–H and O–H groups in total. The van der Waals surface area contributed by atoms with Crippen LogP contribution in [0.15, 0.2) is 83.8 Å². The van der Waals surface area contributed by atoms with Gasteiger partial charge in [-0.25, -0.2) is 4.68 Å². The highest BCUT2D eigenvalue weighted by atomic mass is 32.1. The first-order valence-corrected chi connectivity index (χ1v) is 15.2. The Kier molecular flexibility index (Phi) is 8.07. The van der Waals surface area contributed by atoms with Gasteiger partial charge >= 0.3 is 0 Å². The number of aryl methyl sites for hydroxylation is 1. The maximum atomic E-state index is 13.5. The van der Waals surface area contributed by atoms with Crippen LogP contribution in [0.3, 0.4) is 0 Å². The molecule has 6 aromatic rings. The number of ether oxygens (including phenoxy) is 2. The van der Waals surface area contributed by atoms with Crippen molar-refractivity contribution in [3.8, 4) is 39.8 Å². The Balaban J connectivity index is 1.38. The zero-order valence-corrected chi connectivity index (χ0v) is 25.5. The van der Waals surface area contributed by atoms with Crippen molar-refractivity contribution in [2.45, 2.75) is 34.1 Å². The van der Waals surface area contributed by atoms with E-state index in [9.17, 15) is 4.79 Å². The highest BCUT2D eigenvalue weighted by Gasteiger charge is 2.16. The number of para-hydroxylation sites is 1. The van der Waals surface area contributed by atoms with Gasteiger partial charge in [-0.3, -0.25) is 4.79 Å². The largest absolute Gasteiger partial charge is 0.494 e. The van der Waals surface area contributed by atoms with Gasteiger partial charge in [-0.1, -0.05) is 43.4 Å². The molecule has 9 heteroatoms. The van der Waals surface area contributed by atoms with E-state index in [1.54, 1.807) is 0 Å². The van der Waals surface area contributed by atoms with Gasteiger partial charge in [0.05, 0.1) is 23.4 Å². The van der Waals surface area contributed by atoms with Crippen molar-refractivity contribution in [2.24, 2.45) is 5.92 Å². The summed E-state index contributed by atoms with van der Waals surface area (Å²) in [5, 5.41) is 9.47. The van der Waals surface area contributed by atoms with E-state index in [0.29, 0.717) is 34.4 Å². The fourth-order valence-electron chi connectivity index (χ4n) is 4.76. The lowest BCUT2D eigenvalue weighted by atomic mass is 10.0. The van der Waals surface area contributed by atoms with Crippen LogP contribution >= 0.6 is 11.3 Å². The smallest absolute Gasteiger partial charge is 0.291 e. The van der Waals surface area contributed by atoms with Gasteiger partial charge in [-0.15, -0.1) is 5.10 Å². The molecule has 0 aliphatic heterocycles. The molecule has 0 unspecified atom stereocenters. The summed E-state index contributed by atoms with van der Waals surface area (Å²) in [4.78, 5) is 18.6. The van der Waals surface area contributed by atoms with Crippen LogP contribution in [-0.4, -0.2) is 37.6 Å². The van der Waals surface area contributed by atoms with Crippen molar-refractivity contribution < 1.29 is 9.47 Å². The second-order valence-corrected chi connectivity index (χ2v) is 11.7. The van der Waals surface area contributed by atoms with Crippen molar-refractivity contribution >= 4 is 22.4 Å². The Bertz CT molecular complexity index is 1970. The Morgan fingerprint density at radius 2 is 1.72 bits per heavy atom. The van der Waals surface area contributed by atoms with E-state index in [1.807, 2.05) is 97.5 Å². The number of hydrogen-bond donors (Lipinski definition) is 0. The summed E-state index contributed by atoms with van der Waals surface area (Å²) in [7, 11) is 0. The van der Waals surface area contributed by atoms with E-state index in [0.717, 1.165) is 51.6 Å². The van der Waals surface area contributed by atoms with E-state index < -0.39 is 0 Å². The molecular weight excluding hydrogens is 558 g/mol. The van der Waals surface area contributed by atoms with Gasteiger partial charge < -0.3 is 9.47 Å². The SMILES string of the molecule is CCOc1ccc(-c2nc3s/c(=C\c4cn(-c5ccccc5)nc4-c4ccc(OCCC(C)C)c(C)c4)c(=O)n3n2)cc1. The van der Waals surface area contributed by atoms with Gasteiger partial charge in [0.15, 0.2) is 5.82 Å². The standard InChI is InChI=1S/C34H33N5O3S/c1-5-41-28-14-11-24(12-15-28)32-35-34-39(37-32)33(40)30(43-34)20-26-21-38(27-9-7-6-8-10-27)36-31(26)25-13-16-29(23(4)19-25)42-18-17-22(2)3/h6-16,19-22H,5,17-18H2,1-4H3/b30-20-. The molecule has 0 aliphatic carbocycles. The third-order valence-electron chi connectivity index (χ3n) is 7.06. The summed E-state index contributed by atoms with van der Waals surface area (Å²) in [6.45, 7) is 9.65. The number of fused-ring (bicyclic) bond motifs is 1. The Labute approximate surface area is 253 Å². The molecule has 0 radical (unpaired) electrons. The second kappa shape index (κ2) is 12.2. The number of thiazole rings is 1. The third kappa shape index (κ3) is 6.08. The number of aromatic nitrogens is 5. The molecule has 43 heavy (non-hydrogen) atoms. The normalized spacial score (nSPS) is 12.0. The third-order valence-corrected chi connectivity index (χ3v) is 8.02. The minimum Gasteiger partial charge on any atom is -0.494 e. The molecular formula is C34H33N5O3S. The predicted octanol–water partition coefficient (Wildman–Crippen LogP) is 6.35. The number of benzene rings is 3. The van der Waals surface area contributed by atoms with Crippen molar-refractivity contribution in [2.75, 3.05) is 13.2 Å². The molecule has 0 atom stereocenters. The zero-order chi connectivity index (χ0) is 29.9. The summed E-state index contributed by atoms with van der Waals surface area (Å²) < 4.78 is 15.3. The molecule has 8 nitrogen and oxygen atoms in total. The highest BCUT2D eigenvalue weighted by Crippen LogP contribution is 2.29. The van der Waals surface area contributed by atoms with E-state index in [2.05, 4.69) is 30.0 Å².